The van der Waals surface area contributed by atoms with Crippen molar-refractivity contribution in [1.82, 2.24) is 15.1 Å². The van der Waals surface area contributed by atoms with E-state index in [9.17, 15) is 18.0 Å². The first-order valence-corrected chi connectivity index (χ1v) is 10.1. The number of carbonyl (C=O) groups excluding carboxylic acids is 1. The Bertz CT molecular complexity index is 633. The number of hydrogen-bond acceptors (Lipinski definition) is 3. The van der Waals surface area contributed by atoms with Crippen molar-refractivity contribution in [2.24, 2.45) is 11.8 Å². The minimum atomic E-state index is -4.25. The molecule has 2 aliphatic carbocycles. The van der Waals surface area contributed by atoms with Crippen LogP contribution in [0.25, 0.3) is 0 Å². The van der Waals surface area contributed by atoms with Gasteiger partial charge in [0.25, 0.3) is 0 Å². The van der Waals surface area contributed by atoms with Gasteiger partial charge >= 0.3 is 6.18 Å². The van der Waals surface area contributed by atoms with Crippen LogP contribution in [0.1, 0.15) is 25.7 Å². The number of likely N-dealkylation sites (N-methyl/N-ethyl adjacent to an activating group) is 1. The molecule has 2 unspecified atom stereocenters. The second-order valence-corrected chi connectivity index (χ2v) is 8.22. The fourth-order valence-corrected chi connectivity index (χ4v) is 4.18. The van der Waals surface area contributed by atoms with Gasteiger partial charge in [-0.25, -0.2) is 0 Å². The molecule has 0 spiro atoms. The van der Waals surface area contributed by atoms with Gasteiger partial charge in [0.1, 0.15) is 0 Å². The quantitative estimate of drug-likeness (QED) is 0.671. The predicted molar refractivity (Wildman–Crippen MR) is 104 cm³/mol. The summed E-state index contributed by atoms with van der Waals surface area (Å²) in [5.74, 6) is -0.0881. The van der Waals surface area contributed by atoms with Crippen LogP contribution in [-0.2, 0) is 4.79 Å². The highest BCUT2D eigenvalue weighted by Crippen LogP contribution is 2.33. The molecule has 28 heavy (non-hydrogen) atoms. The van der Waals surface area contributed by atoms with Crippen LogP contribution in [0.4, 0.5) is 13.2 Å². The Labute approximate surface area is 165 Å². The van der Waals surface area contributed by atoms with E-state index in [4.69, 9.17) is 0 Å². The van der Waals surface area contributed by atoms with Crippen LogP contribution >= 0.6 is 0 Å². The molecule has 3 rings (SSSR count). The standard InChI is InChI=1S/C21H30F3N3O/c1-15(18-7-3-4-8-19(18)26(2)14-21(22,23)24)13-27(17-9-10-17)20(28)16-6-5-11-25-12-16/h3-4,7-8,16-19,25H,1,5-6,9-14H2,2H3/t16-,18?,19?/m1/s1. The molecule has 0 aromatic heterocycles. The lowest BCUT2D eigenvalue weighted by molar-refractivity contribution is -0.146. The van der Waals surface area contributed by atoms with E-state index in [0.29, 0.717) is 13.1 Å². The third-order valence-electron chi connectivity index (χ3n) is 5.81. The summed E-state index contributed by atoms with van der Waals surface area (Å²) in [7, 11) is 1.49. The monoisotopic (exact) mass is 397 g/mol. The number of carbonyl (C=O) groups is 1. The molecule has 1 heterocycles. The Balaban J connectivity index is 1.67. The minimum absolute atomic E-state index is 0.00681. The fourth-order valence-electron chi connectivity index (χ4n) is 4.18. The number of hydrogen-bond donors (Lipinski definition) is 1. The number of amides is 1. The van der Waals surface area contributed by atoms with Gasteiger partial charge in [-0.05, 0) is 44.8 Å². The molecule has 156 valence electrons. The molecule has 3 atom stereocenters. The lowest BCUT2D eigenvalue weighted by Gasteiger charge is -2.36. The zero-order chi connectivity index (χ0) is 20.3. The highest BCUT2D eigenvalue weighted by molar-refractivity contribution is 5.80. The first-order chi connectivity index (χ1) is 13.3. The summed E-state index contributed by atoms with van der Waals surface area (Å²) < 4.78 is 38.6. The first kappa shape index (κ1) is 21.1. The third-order valence-corrected chi connectivity index (χ3v) is 5.81. The van der Waals surface area contributed by atoms with Crippen molar-refractivity contribution >= 4 is 5.91 Å². The van der Waals surface area contributed by atoms with Gasteiger partial charge in [-0.15, -0.1) is 0 Å². The molecular weight excluding hydrogens is 367 g/mol. The first-order valence-electron chi connectivity index (χ1n) is 10.1. The van der Waals surface area contributed by atoms with Gasteiger partial charge < -0.3 is 10.2 Å². The number of alkyl halides is 3. The van der Waals surface area contributed by atoms with Crippen molar-refractivity contribution in [3.63, 3.8) is 0 Å². The molecule has 0 radical (unpaired) electrons. The molecule has 3 aliphatic rings. The zero-order valence-electron chi connectivity index (χ0n) is 16.4. The van der Waals surface area contributed by atoms with E-state index in [1.54, 1.807) is 12.2 Å². The smallest absolute Gasteiger partial charge is 0.335 e. The Kier molecular flexibility index (Phi) is 6.65. The average molecular weight is 397 g/mol. The molecule has 4 nitrogen and oxygen atoms in total. The number of nitrogens with one attached hydrogen (secondary N) is 1. The van der Waals surface area contributed by atoms with Crippen LogP contribution in [0.15, 0.2) is 36.5 Å². The van der Waals surface area contributed by atoms with Crippen LogP contribution in [-0.4, -0.2) is 67.2 Å². The molecule has 1 amide bonds. The summed E-state index contributed by atoms with van der Waals surface area (Å²) in [5, 5.41) is 3.29. The van der Waals surface area contributed by atoms with Crippen LogP contribution in [0, 0.1) is 11.8 Å². The molecule has 1 saturated carbocycles. The van der Waals surface area contributed by atoms with Crippen LogP contribution in [0.3, 0.4) is 0 Å². The van der Waals surface area contributed by atoms with Crippen molar-refractivity contribution in [3.8, 4) is 0 Å². The normalized spacial score (nSPS) is 27.8. The van der Waals surface area contributed by atoms with Gasteiger partial charge in [0.05, 0.1) is 12.5 Å². The summed E-state index contributed by atoms with van der Waals surface area (Å²) in [4.78, 5) is 16.3. The SMILES string of the molecule is C=C(CN(C(=O)[C@@H]1CCCNC1)C1CC1)C1C=CC=CC1N(C)CC(F)(F)F. The van der Waals surface area contributed by atoms with E-state index in [1.165, 1.54) is 11.9 Å². The number of piperidine rings is 1. The largest absolute Gasteiger partial charge is 0.401 e. The van der Waals surface area contributed by atoms with Gasteiger partial charge in [-0.1, -0.05) is 30.9 Å². The van der Waals surface area contributed by atoms with Crippen molar-refractivity contribution in [2.45, 2.75) is 43.9 Å². The summed E-state index contributed by atoms with van der Waals surface area (Å²) >= 11 is 0. The van der Waals surface area contributed by atoms with Gasteiger partial charge in [0.2, 0.25) is 5.91 Å². The molecule has 1 N–H and O–H groups in total. The number of allylic oxidation sites excluding steroid dienone is 2. The van der Waals surface area contributed by atoms with Gasteiger partial charge in [0, 0.05) is 31.1 Å². The Morgan fingerprint density at radius 3 is 2.54 bits per heavy atom. The second kappa shape index (κ2) is 8.82. The Morgan fingerprint density at radius 1 is 1.21 bits per heavy atom. The topological polar surface area (TPSA) is 35.6 Å². The molecule has 1 aliphatic heterocycles. The van der Waals surface area contributed by atoms with E-state index in [1.807, 2.05) is 17.1 Å². The summed E-state index contributed by atoms with van der Waals surface area (Å²) in [6.07, 6.45) is 6.95. The summed E-state index contributed by atoms with van der Waals surface area (Å²) in [6, 6.07) is -0.160. The third kappa shape index (κ3) is 5.47. The minimum Gasteiger partial charge on any atom is -0.335 e. The lowest BCUT2D eigenvalue weighted by Crippen LogP contribution is -2.47. The lowest BCUT2D eigenvalue weighted by atomic mass is 9.87. The van der Waals surface area contributed by atoms with Gasteiger partial charge in [-0.2, -0.15) is 13.2 Å². The Morgan fingerprint density at radius 2 is 1.93 bits per heavy atom. The van der Waals surface area contributed by atoms with Crippen molar-refractivity contribution in [2.75, 3.05) is 33.2 Å². The molecule has 7 heteroatoms. The molecular formula is C21H30F3N3O. The highest BCUT2D eigenvalue weighted by Gasteiger charge is 2.39. The summed E-state index contributed by atoms with van der Waals surface area (Å²) in [5.41, 5.74) is 0.795. The van der Waals surface area contributed by atoms with Crippen LogP contribution in [0.2, 0.25) is 0 Å². The van der Waals surface area contributed by atoms with Gasteiger partial charge in [-0.3, -0.25) is 9.69 Å². The molecule has 1 saturated heterocycles. The maximum absolute atomic E-state index is 13.1. The fraction of sp³-hybridized carbons (Fsp3) is 0.667. The zero-order valence-corrected chi connectivity index (χ0v) is 16.4. The van der Waals surface area contributed by atoms with Crippen molar-refractivity contribution < 1.29 is 18.0 Å². The molecule has 2 fully saturated rings. The Hall–Kier alpha value is -1.60. The van der Waals surface area contributed by atoms with Crippen molar-refractivity contribution in [3.05, 3.63) is 36.5 Å². The summed E-state index contributed by atoms with van der Waals surface area (Å²) in [6.45, 7) is 5.28. The number of halogens is 3. The highest BCUT2D eigenvalue weighted by atomic mass is 19.4. The maximum atomic E-state index is 13.1. The second-order valence-electron chi connectivity index (χ2n) is 8.22. The predicted octanol–water partition coefficient (Wildman–Crippen LogP) is 3.14. The van der Waals surface area contributed by atoms with Crippen molar-refractivity contribution in [1.29, 1.82) is 0 Å². The van der Waals surface area contributed by atoms with E-state index in [2.05, 4.69) is 11.9 Å². The molecule has 0 aromatic carbocycles. The van der Waals surface area contributed by atoms with Crippen LogP contribution in [0.5, 0.6) is 0 Å². The molecule has 0 bridgehead atoms. The van der Waals surface area contributed by atoms with E-state index in [0.717, 1.165) is 37.8 Å². The maximum Gasteiger partial charge on any atom is 0.401 e. The average Bonchev–Trinajstić information content (AvgIpc) is 3.50. The molecule has 0 aromatic rings. The van der Waals surface area contributed by atoms with E-state index < -0.39 is 18.8 Å². The van der Waals surface area contributed by atoms with Crippen LogP contribution < -0.4 is 5.32 Å². The number of rotatable bonds is 7. The van der Waals surface area contributed by atoms with E-state index in [-0.39, 0.29) is 23.8 Å². The van der Waals surface area contributed by atoms with Gasteiger partial charge in [0.15, 0.2) is 0 Å². The number of nitrogens with zero attached hydrogens (tertiary/aromatic N) is 2. The van der Waals surface area contributed by atoms with E-state index >= 15 is 0 Å².